The monoisotopic (exact) mass is 414 g/mol. The number of halogens is 1. The van der Waals surface area contributed by atoms with Crippen molar-refractivity contribution >= 4 is 34.8 Å². The molecule has 1 heterocycles. The molecule has 4 heteroatoms. The molecule has 0 unspecified atom stereocenters. The molecule has 29 heavy (non-hydrogen) atoms. The number of hydrogen-bond donors (Lipinski definition) is 0. The topological polar surface area (TPSA) is 36.7 Å². The predicted molar refractivity (Wildman–Crippen MR) is 124 cm³/mol. The zero-order valence-corrected chi connectivity index (χ0v) is 17.6. The van der Waals surface area contributed by atoms with Gasteiger partial charge in [0.25, 0.3) is 0 Å². The van der Waals surface area contributed by atoms with E-state index < -0.39 is 7.26 Å². The third-order valence-corrected chi connectivity index (χ3v) is 10.4. The number of hydrogen-bond acceptors (Lipinski definition) is 2. The maximum absolute atomic E-state index is 9.21. The standard InChI is InChI=1S/C25H20ClN2P/c26-25-20(18-27)16-17-21(28-25)19-29(22-10-4-1-5-11-22,23-12-6-2-7-13-23)24-14-8-3-9-15-24/h1-17,29H,19H2. The summed E-state index contributed by atoms with van der Waals surface area (Å²) in [6.07, 6.45) is 0.760. The number of benzene rings is 3. The van der Waals surface area contributed by atoms with E-state index in [0.717, 1.165) is 11.9 Å². The number of rotatable bonds is 5. The Morgan fingerprint density at radius 2 is 1.14 bits per heavy atom. The van der Waals surface area contributed by atoms with Crippen molar-refractivity contribution < 1.29 is 0 Å². The average Bonchev–Trinajstić information content (AvgIpc) is 2.79. The van der Waals surface area contributed by atoms with Crippen molar-refractivity contribution in [2.75, 3.05) is 0 Å². The molecular formula is C25H20ClN2P. The zero-order valence-electron chi connectivity index (χ0n) is 15.8. The van der Waals surface area contributed by atoms with Crippen molar-refractivity contribution in [2.45, 2.75) is 6.16 Å². The fourth-order valence-corrected chi connectivity index (χ4v) is 8.75. The van der Waals surface area contributed by atoms with Crippen molar-refractivity contribution in [2.24, 2.45) is 0 Å². The van der Waals surface area contributed by atoms with E-state index in [1.165, 1.54) is 15.9 Å². The Morgan fingerprint density at radius 1 is 0.690 bits per heavy atom. The molecule has 2 nitrogen and oxygen atoms in total. The van der Waals surface area contributed by atoms with Gasteiger partial charge in [-0.25, -0.2) is 0 Å². The van der Waals surface area contributed by atoms with Gasteiger partial charge in [-0.1, -0.05) is 0 Å². The molecule has 4 rings (SSSR count). The normalized spacial score (nSPS) is 11.6. The quantitative estimate of drug-likeness (QED) is 0.346. The van der Waals surface area contributed by atoms with E-state index in [-0.39, 0.29) is 5.15 Å². The summed E-state index contributed by atoms with van der Waals surface area (Å²) < 4.78 is 0. The number of nitrogens with zero attached hydrogens (tertiary/aromatic N) is 2. The van der Waals surface area contributed by atoms with Crippen LogP contribution in [-0.4, -0.2) is 4.98 Å². The van der Waals surface area contributed by atoms with Gasteiger partial charge in [0, 0.05) is 0 Å². The summed E-state index contributed by atoms with van der Waals surface area (Å²) in [6.45, 7) is 0. The molecule has 1 aromatic heterocycles. The molecule has 0 spiro atoms. The first-order valence-electron chi connectivity index (χ1n) is 9.46. The van der Waals surface area contributed by atoms with Gasteiger partial charge in [0.15, 0.2) is 0 Å². The van der Waals surface area contributed by atoms with E-state index in [9.17, 15) is 5.26 Å². The minimum absolute atomic E-state index is 0.266. The Labute approximate surface area is 176 Å². The maximum atomic E-state index is 9.21. The second kappa shape index (κ2) is 8.58. The zero-order chi connectivity index (χ0) is 20.1. The molecule has 0 radical (unpaired) electrons. The van der Waals surface area contributed by atoms with Gasteiger partial charge in [0.2, 0.25) is 0 Å². The number of pyridine rings is 1. The molecule has 142 valence electrons. The van der Waals surface area contributed by atoms with Crippen LogP contribution in [0.4, 0.5) is 0 Å². The Hall–Kier alpha value is -2.98. The van der Waals surface area contributed by atoms with Gasteiger partial charge >= 0.3 is 177 Å². The number of aromatic nitrogens is 1. The van der Waals surface area contributed by atoms with Crippen LogP contribution < -0.4 is 15.9 Å². The molecule has 0 fully saturated rings. The first-order chi connectivity index (χ1) is 14.2. The second-order valence-corrected chi connectivity index (χ2v) is 11.2. The molecular weight excluding hydrogens is 395 g/mol. The Bertz CT molecular complexity index is 1040. The molecule has 0 saturated carbocycles. The summed E-state index contributed by atoms with van der Waals surface area (Å²) in [4.78, 5) is 4.58. The predicted octanol–water partition coefficient (Wildman–Crippen LogP) is 4.83. The number of nitriles is 1. The van der Waals surface area contributed by atoms with Crippen molar-refractivity contribution in [3.8, 4) is 6.07 Å². The van der Waals surface area contributed by atoms with Gasteiger partial charge in [-0.3, -0.25) is 0 Å². The molecule has 0 N–H and O–H groups in total. The first kappa shape index (κ1) is 19.3. The summed E-state index contributed by atoms with van der Waals surface area (Å²) in [6, 6.07) is 37.9. The Balaban J connectivity index is 1.98. The van der Waals surface area contributed by atoms with Crippen LogP contribution >= 0.6 is 18.9 Å². The minimum atomic E-state index is -2.42. The Kier molecular flexibility index (Phi) is 5.72. The summed E-state index contributed by atoms with van der Waals surface area (Å²) in [5, 5.41) is 13.4. The van der Waals surface area contributed by atoms with Crippen LogP contribution in [0.5, 0.6) is 0 Å². The van der Waals surface area contributed by atoms with E-state index in [1.54, 1.807) is 6.07 Å². The average molecular weight is 415 g/mol. The summed E-state index contributed by atoms with van der Waals surface area (Å²) >= 11 is 6.28. The van der Waals surface area contributed by atoms with Gasteiger partial charge in [-0.05, 0) is 0 Å². The molecule has 3 aromatic carbocycles. The van der Waals surface area contributed by atoms with Gasteiger partial charge < -0.3 is 0 Å². The first-order valence-corrected chi connectivity index (χ1v) is 12.0. The van der Waals surface area contributed by atoms with Crippen molar-refractivity contribution in [3.05, 3.63) is 120 Å². The van der Waals surface area contributed by atoms with Gasteiger partial charge in [0.1, 0.15) is 0 Å². The third kappa shape index (κ3) is 3.81. The van der Waals surface area contributed by atoms with Gasteiger partial charge in [0.05, 0.1) is 0 Å². The molecule has 0 atom stereocenters. The molecule has 0 aliphatic heterocycles. The molecule has 0 bridgehead atoms. The second-order valence-electron chi connectivity index (χ2n) is 6.93. The van der Waals surface area contributed by atoms with Crippen molar-refractivity contribution in [1.29, 1.82) is 5.26 Å². The van der Waals surface area contributed by atoms with Crippen molar-refractivity contribution in [1.82, 2.24) is 4.98 Å². The van der Waals surface area contributed by atoms with Gasteiger partial charge in [-0.15, -0.1) is 0 Å². The van der Waals surface area contributed by atoms with E-state index >= 15 is 0 Å². The molecule has 0 aliphatic carbocycles. The SMILES string of the molecule is N#Cc1ccc(C[PH](c2ccccc2)(c2ccccc2)c2ccccc2)nc1Cl. The Morgan fingerprint density at radius 3 is 1.52 bits per heavy atom. The van der Waals surface area contributed by atoms with Crippen LogP contribution in [0.3, 0.4) is 0 Å². The molecule has 0 amide bonds. The summed E-state index contributed by atoms with van der Waals surface area (Å²) in [5.41, 5.74) is 1.30. The fraction of sp³-hybridized carbons (Fsp3) is 0.0400. The third-order valence-electron chi connectivity index (χ3n) is 5.27. The molecule has 4 aromatic rings. The van der Waals surface area contributed by atoms with Crippen LogP contribution in [0, 0.1) is 11.3 Å². The van der Waals surface area contributed by atoms with Crippen LogP contribution in [0.15, 0.2) is 103 Å². The van der Waals surface area contributed by atoms with Crippen LogP contribution in [0.2, 0.25) is 5.15 Å². The molecule has 0 aliphatic rings. The van der Waals surface area contributed by atoms with E-state index in [1.807, 2.05) is 6.07 Å². The fourth-order valence-electron chi connectivity index (χ4n) is 3.90. The van der Waals surface area contributed by atoms with Gasteiger partial charge in [-0.2, -0.15) is 0 Å². The van der Waals surface area contributed by atoms with Crippen LogP contribution in [0.25, 0.3) is 0 Å². The van der Waals surface area contributed by atoms with E-state index in [0.29, 0.717) is 5.56 Å². The summed E-state index contributed by atoms with van der Waals surface area (Å²) in [7, 11) is -2.42. The van der Waals surface area contributed by atoms with E-state index in [2.05, 4.69) is 102 Å². The van der Waals surface area contributed by atoms with Crippen LogP contribution in [-0.2, 0) is 6.16 Å². The van der Waals surface area contributed by atoms with E-state index in [4.69, 9.17) is 11.6 Å². The molecule has 0 saturated heterocycles. The van der Waals surface area contributed by atoms with Crippen LogP contribution in [0.1, 0.15) is 11.3 Å². The van der Waals surface area contributed by atoms with Crippen molar-refractivity contribution in [3.63, 3.8) is 0 Å². The summed E-state index contributed by atoms with van der Waals surface area (Å²) in [5.74, 6) is 0.